The van der Waals surface area contributed by atoms with Gasteiger partial charge in [-0.05, 0) is 24.3 Å². The Morgan fingerprint density at radius 2 is 1.84 bits per heavy atom. The largest absolute Gasteiger partial charge is 0.455 e. The molecule has 136 valence electrons. The van der Waals surface area contributed by atoms with Gasteiger partial charge in [0.1, 0.15) is 5.54 Å². The smallest absolute Gasteiger partial charge is 0.314 e. The zero-order chi connectivity index (χ0) is 19.0. The van der Waals surface area contributed by atoms with Crippen molar-refractivity contribution in [2.45, 2.75) is 52.5 Å². The van der Waals surface area contributed by atoms with Gasteiger partial charge in [-0.2, -0.15) is 5.26 Å². The molecule has 0 spiro atoms. The average Bonchev–Trinajstić information content (AvgIpc) is 2.60. The molecule has 1 aromatic rings. The lowest BCUT2D eigenvalue weighted by Crippen LogP contribution is -2.50. The van der Waals surface area contributed by atoms with E-state index in [1.807, 2.05) is 58.0 Å². The topological polar surface area (TPSA) is 79.2 Å². The second-order valence-electron chi connectivity index (χ2n) is 6.90. The minimum atomic E-state index is -0.987. The number of rotatable bonds is 8. The molecule has 5 heteroatoms. The van der Waals surface area contributed by atoms with Crippen molar-refractivity contribution in [2.24, 2.45) is 11.8 Å². The van der Waals surface area contributed by atoms with Crippen LogP contribution >= 0.6 is 0 Å². The van der Waals surface area contributed by atoms with Crippen molar-refractivity contribution in [1.29, 1.82) is 5.26 Å². The molecule has 0 bridgehead atoms. The SMILES string of the molecule is CC[C@H](C)[C@@H](C(=O)OCC(=O)N[C@@](C)(C#N)C(C)C)c1ccccc1. The summed E-state index contributed by atoms with van der Waals surface area (Å²) in [5, 5.41) is 11.9. The van der Waals surface area contributed by atoms with Gasteiger partial charge in [-0.1, -0.05) is 64.4 Å². The molecule has 0 aromatic heterocycles. The van der Waals surface area contributed by atoms with Crippen LogP contribution in [0.1, 0.15) is 52.5 Å². The highest BCUT2D eigenvalue weighted by atomic mass is 16.5. The number of hydrogen-bond donors (Lipinski definition) is 1. The van der Waals surface area contributed by atoms with Gasteiger partial charge >= 0.3 is 5.97 Å². The Morgan fingerprint density at radius 1 is 1.24 bits per heavy atom. The molecule has 1 aromatic carbocycles. The minimum absolute atomic E-state index is 0.0608. The fraction of sp³-hybridized carbons (Fsp3) is 0.550. The van der Waals surface area contributed by atoms with Crippen LogP contribution in [0.5, 0.6) is 0 Å². The number of hydrogen-bond acceptors (Lipinski definition) is 4. The predicted molar refractivity (Wildman–Crippen MR) is 96.6 cm³/mol. The van der Waals surface area contributed by atoms with Crippen molar-refractivity contribution in [3.8, 4) is 6.07 Å². The molecular formula is C20H28N2O3. The Kier molecular flexibility index (Phi) is 7.63. The van der Waals surface area contributed by atoms with Gasteiger partial charge in [0, 0.05) is 0 Å². The van der Waals surface area contributed by atoms with Gasteiger partial charge in [0.2, 0.25) is 0 Å². The molecule has 1 N–H and O–H groups in total. The molecule has 0 aliphatic heterocycles. The first-order chi connectivity index (χ1) is 11.7. The normalized spacial score (nSPS) is 15.6. The van der Waals surface area contributed by atoms with Crippen LogP contribution in [-0.2, 0) is 14.3 Å². The Hall–Kier alpha value is -2.35. The zero-order valence-electron chi connectivity index (χ0n) is 15.7. The maximum Gasteiger partial charge on any atom is 0.314 e. The Balaban J connectivity index is 2.76. The Bertz CT molecular complexity index is 622. The van der Waals surface area contributed by atoms with E-state index in [4.69, 9.17) is 4.74 Å². The minimum Gasteiger partial charge on any atom is -0.455 e. The molecule has 3 atom stereocenters. The molecule has 1 amide bonds. The molecular weight excluding hydrogens is 316 g/mol. The average molecular weight is 344 g/mol. The molecule has 0 fully saturated rings. The van der Waals surface area contributed by atoms with Crippen LogP contribution in [0.25, 0.3) is 0 Å². The third kappa shape index (κ3) is 5.60. The van der Waals surface area contributed by atoms with Crippen LogP contribution in [0, 0.1) is 23.2 Å². The number of carbonyl (C=O) groups excluding carboxylic acids is 2. The van der Waals surface area contributed by atoms with E-state index in [9.17, 15) is 14.9 Å². The molecule has 0 aliphatic carbocycles. The van der Waals surface area contributed by atoms with E-state index in [0.29, 0.717) is 0 Å². The van der Waals surface area contributed by atoms with Gasteiger partial charge in [0.15, 0.2) is 6.61 Å². The highest BCUT2D eigenvalue weighted by Gasteiger charge is 2.31. The van der Waals surface area contributed by atoms with Crippen LogP contribution < -0.4 is 5.32 Å². The van der Waals surface area contributed by atoms with E-state index in [1.54, 1.807) is 6.92 Å². The maximum absolute atomic E-state index is 12.6. The second-order valence-corrected chi connectivity index (χ2v) is 6.90. The summed E-state index contributed by atoms with van der Waals surface area (Å²) in [7, 11) is 0. The van der Waals surface area contributed by atoms with Crippen LogP contribution in [0.4, 0.5) is 0 Å². The van der Waals surface area contributed by atoms with Gasteiger partial charge in [-0.3, -0.25) is 9.59 Å². The summed E-state index contributed by atoms with van der Waals surface area (Å²) in [6, 6.07) is 11.5. The van der Waals surface area contributed by atoms with E-state index in [0.717, 1.165) is 12.0 Å². The van der Waals surface area contributed by atoms with E-state index in [1.165, 1.54) is 0 Å². The van der Waals surface area contributed by atoms with Crippen LogP contribution in [0.3, 0.4) is 0 Å². The molecule has 0 aliphatic rings. The Labute approximate surface area is 150 Å². The van der Waals surface area contributed by atoms with Crippen molar-refractivity contribution >= 4 is 11.9 Å². The molecule has 0 radical (unpaired) electrons. The van der Waals surface area contributed by atoms with Crippen LogP contribution in [-0.4, -0.2) is 24.0 Å². The predicted octanol–water partition coefficient (Wildman–Crippen LogP) is 3.41. The van der Waals surface area contributed by atoms with Crippen LogP contribution in [0.2, 0.25) is 0 Å². The maximum atomic E-state index is 12.6. The first-order valence-corrected chi connectivity index (χ1v) is 8.69. The number of nitrogens with zero attached hydrogens (tertiary/aromatic N) is 1. The lowest BCUT2D eigenvalue weighted by molar-refractivity contribution is -0.151. The van der Waals surface area contributed by atoms with Gasteiger partial charge in [-0.15, -0.1) is 0 Å². The number of nitriles is 1. The van der Waals surface area contributed by atoms with Crippen LogP contribution in [0.15, 0.2) is 30.3 Å². The first kappa shape index (κ1) is 20.7. The summed E-state index contributed by atoms with van der Waals surface area (Å²) in [4.78, 5) is 24.6. The number of esters is 1. The summed E-state index contributed by atoms with van der Waals surface area (Å²) in [6.45, 7) is 8.98. The number of carbonyl (C=O) groups is 2. The van der Waals surface area contributed by atoms with E-state index < -0.39 is 23.3 Å². The summed E-state index contributed by atoms with van der Waals surface area (Å²) < 4.78 is 5.25. The molecule has 0 unspecified atom stereocenters. The quantitative estimate of drug-likeness (QED) is 0.733. The van der Waals surface area contributed by atoms with E-state index in [2.05, 4.69) is 11.4 Å². The van der Waals surface area contributed by atoms with E-state index in [-0.39, 0.29) is 18.4 Å². The van der Waals surface area contributed by atoms with Crippen molar-refractivity contribution in [2.75, 3.05) is 6.61 Å². The fourth-order valence-electron chi connectivity index (χ4n) is 2.45. The monoisotopic (exact) mass is 344 g/mol. The lowest BCUT2D eigenvalue weighted by Gasteiger charge is -2.27. The molecule has 0 heterocycles. The lowest BCUT2D eigenvalue weighted by atomic mass is 9.86. The van der Waals surface area contributed by atoms with Crippen molar-refractivity contribution in [1.82, 2.24) is 5.32 Å². The third-order valence-electron chi connectivity index (χ3n) is 4.76. The summed E-state index contributed by atoms with van der Waals surface area (Å²) >= 11 is 0. The molecule has 25 heavy (non-hydrogen) atoms. The second kappa shape index (κ2) is 9.22. The van der Waals surface area contributed by atoms with Gasteiger partial charge < -0.3 is 10.1 Å². The van der Waals surface area contributed by atoms with Gasteiger partial charge in [0.05, 0.1) is 12.0 Å². The summed E-state index contributed by atoms with van der Waals surface area (Å²) in [6.07, 6.45) is 0.820. The number of nitrogens with one attached hydrogen (secondary N) is 1. The zero-order valence-corrected chi connectivity index (χ0v) is 15.7. The fourth-order valence-corrected chi connectivity index (χ4v) is 2.45. The van der Waals surface area contributed by atoms with Crippen molar-refractivity contribution in [3.63, 3.8) is 0 Å². The first-order valence-electron chi connectivity index (χ1n) is 8.69. The van der Waals surface area contributed by atoms with Gasteiger partial charge in [-0.25, -0.2) is 0 Å². The molecule has 0 saturated heterocycles. The summed E-state index contributed by atoms with van der Waals surface area (Å²) in [5.74, 6) is -1.26. The highest BCUT2D eigenvalue weighted by molar-refractivity contribution is 5.84. The number of amides is 1. The molecule has 5 nitrogen and oxygen atoms in total. The standard InChI is InChI=1S/C20H28N2O3/c1-6-15(4)18(16-10-8-7-9-11-16)19(24)25-12-17(23)22-20(5,13-21)14(2)3/h7-11,14-15,18H,6,12H2,1-5H3,(H,22,23)/t15-,18+,20-/m0/s1. The van der Waals surface area contributed by atoms with Crippen molar-refractivity contribution in [3.05, 3.63) is 35.9 Å². The third-order valence-corrected chi connectivity index (χ3v) is 4.76. The number of ether oxygens (including phenoxy) is 1. The highest BCUT2D eigenvalue weighted by Crippen LogP contribution is 2.28. The van der Waals surface area contributed by atoms with Crippen molar-refractivity contribution < 1.29 is 14.3 Å². The van der Waals surface area contributed by atoms with Gasteiger partial charge in [0.25, 0.3) is 5.91 Å². The molecule has 1 rings (SSSR count). The summed E-state index contributed by atoms with van der Waals surface area (Å²) in [5.41, 5.74) is -0.106. The molecule has 0 saturated carbocycles. The number of benzene rings is 1. The van der Waals surface area contributed by atoms with E-state index >= 15 is 0 Å². The Morgan fingerprint density at radius 3 is 2.32 bits per heavy atom.